The van der Waals surface area contributed by atoms with Crippen LogP contribution in [0, 0.1) is 20.2 Å². The molecule has 0 saturated heterocycles. The molecule has 0 saturated carbocycles. The van der Waals surface area contributed by atoms with Crippen LogP contribution < -0.4 is 0 Å². The first kappa shape index (κ1) is 23.3. The Morgan fingerprint density at radius 1 is 0.633 bits per heavy atom. The van der Waals surface area contributed by atoms with Gasteiger partial charge in [0.05, 0.1) is 32.9 Å². The van der Waals surface area contributed by atoms with Gasteiger partial charge < -0.3 is 0 Å². The molecule has 2 aromatic rings. The van der Waals surface area contributed by atoms with Gasteiger partial charge in [0, 0.05) is 24.3 Å². The molecule has 0 heterocycles. The van der Waals surface area contributed by atoms with Crippen molar-refractivity contribution in [2.45, 2.75) is 22.6 Å². The molecule has 2 aromatic carbocycles. The minimum atomic E-state index is -4.11. The highest BCUT2D eigenvalue weighted by Gasteiger charge is 2.18. The fourth-order valence-corrected chi connectivity index (χ4v) is 4.03. The monoisotopic (exact) mass is 460 g/mol. The fourth-order valence-electron chi connectivity index (χ4n) is 2.15. The standard InChI is InChI=1S/C16H16N2O10S2/c19-17(20)13-3-7-15(8-4-13)29(23,24)27-11-1-2-12-28-30(25,26)16-9-5-14(6-10-16)18(21)22/h3-10H,1-2,11-12H2. The van der Waals surface area contributed by atoms with Crippen molar-refractivity contribution in [3.05, 3.63) is 68.8 Å². The molecule has 0 unspecified atom stereocenters. The number of unbranched alkanes of at least 4 members (excludes halogenated alkanes) is 1. The van der Waals surface area contributed by atoms with Crippen LogP contribution in [0.2, 0.25) is 0 Å². The van der Waals surface area contributed by atoms with Crippen LogP contribution in [-0.4, -0.2) is 39.9 Å². The number of rotatable bonds is 11. The zero-order valence-corrected chi connectivity index (χ0v) is 16.9. The molecule has 0 atom stereocenters. The van der Waals surface area contributed by atoms with Crippen molar-refractivity contribution >= 4 is 31.6 Å². The molecule has 162 valence electrons. The molecule has 12 nitrogen and oxygen atoms in total. The first-order chi connectivity index (χ1) is 14.0. The van der Waals surface area contributed by atoms with E-state index in [9.17, 15) is 37.1 Å². The normalized spacial score (nSPS) is 11.9. The molecular formula is C16H16N2O10S2. The van der Waals surface area contributed by atoms with Gasteiger partial charge in [-0.05, 0) is 37.1 Å². The van der Waals surface area contributed by atoms with Crippen LogP contribution >= 0.6 is 0 Å². The lowest BCUT2D eigenvalue weighted by Crippen LogP contribution is -2.10. The lowest BCUT2D eigenvalue weighted by molar-refractivity contribution is -0.385. The molecule has 0 radical (unpaired) electrons. The molecular weight excluding hydrogens is 444 g/mol. The van der Waals surface area contributed by atoms with Crippen LogP contribution in [0.1, 0.15) is 12.8 Å². The molecule has 30 heavy (non-hydrogen) atoms. The second-order valence-corrected chi connectivity index (χ2v) is 8.99. The van der Waals surface area contributed by atoms with E-state index in [-0.39, 0.29) is 47.2 Å². The Hall–Kier alpha value is -2.94. The summed E-state index contributed by atoms with van der Waals surface area (Å²) in [7, 11) is -8.22. The van der Waals surface area contributed by atoms with Gasteiger partial charge in [-0.25, -0.2) is 0 Å². The highest BCUT2D eigenvalue weighted by Crippen LogP contribution is 2.19. The van der Waals surface area contributed by atoms with E-state index < -0.39 is 30.1 Å². The number of nitro groups is 2. The third-order valence-corrected chi connectivity index (χ3v) is 6.34. The van der Waals surface area contributed by atoms with Crippen LogP contribution in [0.25, 0.3) is 0 Å². The first-order valence-electron chi connectivity index (χ1n) is 8.31. The maximum Gasteiger partial charge on any atom is 0.296 e. The number of non-ortho nitro benzene ring substituents is 2. The summed E-state index contributed by atoms with van der Waals surface area (Å²) in [5.41, 5.74) is -0.527. The summed E-state index contributed by atoms with van der Waals surface area (Å²) in [4.78, 5) is 19.3. The van der Waals surface area contributed by atoms with Gasteiger partial charge in [0.15, 0.2) is 0 Å². The van der Waals surface area contributed by atoms with E-state index in [1.54, 1.807) is 0 Å². The van der Waals surface area contributed by atoms with E-state index in [4.69, 9.17) is 8.37 Å². The quantitative estimate of drug-likeness (QED) is 0.210. The molecule has 0 aliphatic carbocycles. The maximum atomic E-state index is 12.0. The van der Waals surface area contributed by atoms with Crippen molar-refractivity contribution in [3.8, 4) is 0 Å². The Morgan fingerprint density at radius 2 is 0.933 bits per heavy atom. The number of nitro benzene ring substituents is 2. The fraction of sp³-hybridized carbons (Fsp3) is 0.250. The minimum absolute atomic E-state index is 0.155. The van der Waals surface area contributed by atoms with Gasteiger partial charge in [-0.1, -0.05) is 0 Å². The van der Waals surface area contributed by atoms with Crippen molar-refractivity contribution in [2.75, 3.05) is 13.2 Å². The van der Waals surface area contributed by atoms with Crippen LogP contribution in [-0.2, 0) is 28.6 Å². The highest BCUT2D eigenvalue weighted by atomic mass is 32.2. The molecule has 0 aliphatic heterocycles. The van der Waals surface area contributed by atoms with Gasteiger partial charge >= 0.3 is 0 Å². The Balaban J connectivity index is 1.79. The van der Waals surface area contributed by atoms with Crippen LogP contribution in [0.5, 0.6) is 0 Å². The van der Waals surface area contributed by atoms with E-state index in [2.05, 4.69) is 0 Å². The number of hydrogen-bond donors (Lipinski definition) is 0. The molecule has 0 N–H and O–H groups in total. The average molecular weight is 460 g/mol. The number of nitrogens with zero attached hydrogens (tertiary/aromatic N) is 2. The predicted molar refractivity (Wildman–Crippen MR) is 102 cm³/mol. The summed E-state index contributed by atoms with van der Waals surface area (Å²) in [6.45, 7) is -0.499. The summed E-state index contributed by atoms with van der Waals surface area (Å²) >= 11 is 0. The Bertz CT molecular complexity index is 1020. The Labute approximate surface area is 171 Å². The summed E-state index contributed by atoms with van der Waals surface area (Å²) in [6, 6.07) is 8.34. The molecule has 0 bridgehead atoms. The molecule has 0 spiro atoms. The van der Waals surface area contributed by atoms with Gasteiger partial charge in [0.2, 0.25) is 0 Å². The summed E-state index contributed by atoms with van der Waals surface area (Å²) in [5, 5.41) is 21.2. The van der Waals surface area contributed by atoms with Crippen molar-refractivity contribution in [1.29, 1.82) is 0 Å². The molecule has 0 amide bonds. The second kappa shape index (κ2) is 9.71. The third-order valence-electron chi connectivity index (χ3n) is 3.69. The van der Waals surface area contributed by atoms with Crippen molar-refractivity contribution in [1.82, 2.24) is 0 Å². The zero-order valence-electron chi connectivity index (χ0n) is 15.2. The third kappa shape index (κ3) is 6.28. The van der Waals surface area contributed by atoms with Gasteiger partial charge in [-0.2, -0.15) is 16.8 Å². The van der Waals surface area contributed by atoms with Crippen LogP contribution in [0.3, 0.4) is 0 Å². The lowest BCUT2D eigenvalue weighted by Gasteiger charge is -2.07. The van der Waals surface area contributed by atoms with E-state index in [0.717, 1.165) is 48.5 Å². The molecule has 14 heteroatoms. The Kier molecular flexibility index (Phi) is 7.55. The maximum absolute atomic E-state index is 12.0. The van der Waals surface area contributed by atoms with E-state index in [0.29, 0.717) is 0 Å². The molecule has 0 aromatic heterocycles. The van der Waals surface area contributed by atoms with Crippen molar-refractivity contribution in [3.63, 3.8) is 0 Å². The molecule has 2 rings (SSSR count). The van der Waals surface area contributed by atoms with Gasteiger partial charge in [0.1, 0.15) is 0 Å². The zero-order chi connectivity index (χ0) is 22.4. The van der Waals surface area contributed by atoms with Crippen LogP contribution in [0.15, 0.2) is 58.3 Å². The highest BCUT2D eigenvalue weighted by molar-refractivity contribution is 7.87. The predicted octanol–water partition coefficient (Wildman–Crippen LogP) is 2.39. The lowest BCUT2D eigenvalue weighted by atomic mass is 10.3. The van der Waals surface area contributed by atoms with Crippen molar-refractivity contribution in [2.24, 2.45) is 0 Å². The largest absolute Gasteiger partial charge is 0.296 e. The SMILES string of the molecule is O=[N+]([O-])c1ccc(S(=O)(=O)OCCCCOS(=O)(=O)c2ccc([N+](=O)[O-])cc2)cc1. The summed E-state index contributed by atoms with van der Waals surface area (Å²) < 4.78 is 57.6. The number of hydrogen-bond acceptors (Lipinski definition) is 10. The molecule has 0 fully saturated rings. The second-order valence-electron chi connectivity index (χ2n) is 5.76. The molecule has 0 aliphatic rings. The van der Waals surface area contributed by atoms with E-state index >= 15 is 0 Å². The first-order valence-corrected chi connectivity index (χ1v) is 11.1. The van der Waals surface area contributed by atoms with Crippen molar-refractivity contribution < 1.29 is 35.0 Å². The van der Waals surface area contributed by atoms with Gasteiger partial charge in [-0.15, -0.1) is 0 Å². The number of benzene rings is 2. The summed E-state index contributed by atoms with van der Waals surface area (Å²) in [5.74, 6) is 0. The topological polar surface area (TPSA) is 173 Å². The van der Waals surface area contributed by atoms with Gasteiger partial charge in [-0.3, -0.25) is 28.6 Å². The summed E-state index contributed by atoms with van der Waals surface area (Å²) in [6.07, 6.45) is 0.310. The average Bonchev–Trinajstić information content (AvgIpc) is 2.70. The van der Waals surface area contributed by atoms with Gasteiger partial charge in [0.25, 0.3) is 31.6 Å². The smallest absolute Gasteiger partial charge is 0.266 e. The minimum Gasteiger partial charge on any atom is -0.266 e. The van der Waals surface area contributed by atoms with E-state index in [1.807, 2.05) is 0 Å². The van der Waals surface area contributed by atoms with Crippen LogP contribution in [0.4, 0.5) is 11.4 Å². The Morgan fingerprint density at radius 3 is 1.20 bits per heavy atom. The van der Waals surface area contributed by atoms with E-state index in [1.165, 1.54) is 0 Å².